The van der Waals surface area contributed by atoms with E-state index in [1.54, 1.807) is 12.4 Å². The molecule has 0 N–H and O–H groups in total. The van der Waals surface area contributed by atoms with E-state index in [1.165, 1.54) is 5.56 Å². The fourth-order valence-electron chi connectivity index (χ4n) is 2.86. The molecule has 0 spiro atoms. The standard InChI is InChI=1S/C21H19N5/c1-2-7-17(8-3-1)11-12-19-24-21(15-18-9-6-13-22-16-18)26(25-19)20-10-4-5-14-23-20/h1-10,13-14,16H,11-12,15H2. The molecule has 0 fully saturated rings. The van der Waals surface area contributed by atoms with Crippen molar-refractivity contribution in [1.29, 1.82) is 0 Å². The highest BCUT2D eigenvalue weighted by Crippen LogP contribution is 2.13. The van der Waals surface area contributed by atoms with Crippen LogP contribution in [0, 0.1) is 0 Å². The van der Waals surface area contributed by atoms with Crippen molar-refractivity contribution in [2.75, 3.05) is 0 Å². The quantitative estimate of drug-likeness (QED) is 0.539. The van der Waals surface area contributed by atoms with Gasteiger partial charge < -0.3 is 0 Å². The van der Waals surface area contributed by atoms with Gasteiger partial charge in [0.15, 0.2) is 11.6 Å². The van der Waals surface area contributed by atoms with Crippen LogP contribution in [0.1, 0.15) is 22.8 Å². The number of hydrogen-bond donors (Lipinski definition) is 0. The molecular weight excluding hydrogens is 322 g/mol. The van der Waals surface area contributed by atoms with E-state index < -0.39 is 0 Å². The summed E-state index contributed by atoms with van der Waals surface area (Å²) in [5.41, 5.74) is 2.39. The second-order valence-corrected chi connectivity index (χ2v) is 6.07. The van der Waals surface area contributed by atoms with Crippen LogP contribution < -0.4 is 0 Å². The van der Waals surface area contributed by atoms with Gasteiger partial charge in [0.05, 0.1) is 0 Å². The predicted molar refractivity (Wildman–Crippen MR) is 100 cm³/mol. The molecule has 3 aromatic heterocycles. The minimum atomic E-state index is 0.669. The third kappa shape index (κ3) is 3.83. The van der Waals surface area contributed by atoms with Crippen molar-refractivity contribution < 1.29 is 0 Å². The molecule has 1 aromatic carbocycles. The summed E-state index contributed by atoms with van der Waals surface area (Å²) < 4.78 is 1.84. The van der Waals surface area contributed by atoms with Gasteiger partial charge in [-0.05, 0) is 35.7 Å². The minimum absolute atomic E-state index is 0.669. The number of aromatic nitrogens is 5. The summed E-state index contributed by atoms with van der Waals surface area (Å²) in [6, 6.07) is 20.2. The summed E-state index contributed by atoms with van der Waals surface area (Å²) in [4.78, 5) is 13.4. The van der Waals surface area contributed by atoms with Crippen molar-refractivity contribution >= 4 is 0 Å². The van der Waals surface area contributed by atoms with Crippen molar-refractivity contribution in [3.05, 3.63) is 102 Å². The van der Waals surface area contributed by atoms with E-state index in [9.17, 15) is 0 Å². The average Bonchev–Trinajstić information content (AvgIpc) is 3.11. The van der Waals surface area contributed by atoms with Gasteiger partial charge in [0, 0.05) is 31.4 Å². The Bertz CT molecular complexity index is 950. The molecule has 0 atom stereocenters. The Labute approximate surface area is 152 Å². The Morgan fingerprint density at radius 1 is 0.769 bits per heavy atom. The maximum absolute atomic E-state index is 4.78. The molecule has 0 amide bonds. The monoisotopic (exact) mass is 341 g/mol. The number of rotatable bonds is 6. The second-order valence-electron chi connectivity index (χ2n) is 6.07. The van der Waals surface area contributed by atoms with Crippen LogP contribution in [0.4, 0.5) is 0 Å². The summed E-state index contributed by atoms with van der Waals surface area (Å²) >= 11 is 0. The molecule has 0 aliphatic heterocycles. The molecule has 0 bridgehead atoms. The highest BCUT2D eigenvalue weighted by atomic mass is 15.4. The van der Waals surface area contributed by atoms with E-state index >= 15 is 0 Å². The van der Waals surface area contributed by atoms with E-state index in [4.69, 9.17) is 10.1 Å². The first kappa shape index (κ1) is 16.1. The first-order valence-electron chi connectivity index (χ1n) is 8.67. The van der Waals surface area contributed by atoms with Crippen LogP contribution in [-0.4, -0.2) is 24.7 Å². The SMILES string of the molecule is c1ccc(CCc2nc(Cc3cccnc3)n(-c3ccccn3)n2)cc1. The lowest BCUT2D eigenvalue weighted by Gasteiger charge is -2.04. The van der Waals surface area contributed by atoms with E-state index in [0.717, 1.165) is 35.9 Å². The molecule has 0 saturated carbocycles. The topological polar surface area (TPSA) is 56.5 Å². The molecule has 0 aliphatic carbocycles. The summed E-state index contributed by atoms with van der Waals surface area (Å²) in [5.74, 6) is 2.49. The van der Waals surface area contributed by atoms with E-state index in [2.05, 4.69) is 34.2 Å². The largest absolute Gasteiger partial charge is 0.264 e. The Kier molecular flexibility index (Phi) is 4.78. The zero-order valence-electron chi connectivity index (χ0n) is 14.4. The smallest absolute Gasteiger partial charge is 0.155 e. The van der Waals surface area contributed by atoms with E-state index in [-0.39, 0.29) is 0 Å². The Morgan fingerprint density at radius 3 is 2.38 bits per heavy atom. The molecule has 0 aliphatic rings. The maximum atomic E-state index is 4.78. The molecule has 128 valence electrons. The number of nitrogens with zero attached hydrogens (tertiary/aromatic N) is 5. The zero-order chi connectivity index (χ0) is 17.6. The van der Waals surface area contributed by atoms with Crippen molar-refractivity contribution in [3.63, 3.8) is 0 Å². The first-order valence-corrected chi connectivity index (χ1v) is 8.67. The zero-order valence-corrected chi connectivity index (χ0v) is 14.4. The predicted octanol–water partition coefficient (Wildman–Crippen LogP) is 3.43. The van der Waals surface area contributed by atoms with Crippen molar-refractivity contribution in [1.82, 2.24) is 24.7 Å². The summed E-state index contributed by atoms with van der Waals surface area (Å²) in [5, 5.41) is 4.71. The lowest BCUT2D eigenvalue weighted by Crippen LogP contribution is -2.05. The fraction of sp³-hybridized carbons (Fsp3) is 0.143. The second kappa shape index (κ2) is 7.70. The summed E-state index contributed by atoms with van der Waals surface area (Å²) in [6.07, 6.45) is 7.79. The molecular formula is C21H19N5. The lowest BCUT2D eigenvalue weighted by molar-refractivity contribution is 0.768. The third-order valence-corrected chi connectivity index (χ3v) is 4.15. The molecule has 0 unspecified atom stereocenters. The van der Waals surface area contributed by atoms with Gasteiger partial charge in [0.2, 0.25) is 0 Å². The van der Waals surface area contributed by atoms with Gasteiger partial charge in [0.25, 0.3) is 0 Å². The Hall–Kier alpha value is -3.34. The molecule has 5 heteroatoms. The number of hydrogen-bond acceptors (Lipinski definition) is 4. The van der Waals surface area contributed by atoms with Crippen LogP contribution in [0.5, 0.6) is 0 Å². The van der Waals surface area contributed by atoms with Gasteiger partial charge in [0.1, 0.15) is 5.82 Å². The highest BCUT2D eigenvalue weighted by molar-refractivity contribution is 5.25. The van der Waals surface area contributed by atoms with Crippen molar-refractivity contribution in [2.45, 2.75) is 19.3 Å². The van der Waals surface area contributed by atoms with Gasteiger partial charge in [-0.2, -0.15) is 4.68 Å². The van der Waals surface area contributed by atoms with Crippen LogP contribution in [0.15, 0.2) is 79.3 Å². The maximum Gasteiger partial charge on any atom is 0.155 e. The van der Waals surface area contributed by atoms with Gasteiger partial charge in [-0.3, -0.25) is 4.98 Å². The van der Waals surface area contributed by atoms with Crippen LogP contribution in [0.2, 0.25) is 0 Å². The lowest BCUT2D eigenvalue weighted by atomic mass is 10.1. The molecule has 26 heavy (non-hydrogen) atoms. The van der Waals surface area contributed by atoms with E-state index in [1.807, 2.05) is 47.3 Å². The first-order chi connectivity index (χ1) is 12.9. The molecule has 4 rings (SSSR count). The highest BCUT2D eigenvalue weighted by Gasteiger charge is 2.13. The van der Waals surface area contributed by atoms with Gasteiger partial charge in [-0.15, -0.1) is 5.10 Å². The Morgan fingerprint density at radius 2 is 1.62 bits per heavy atom. The van der Waals surface area contributed by atoms with Crippen molar-refractivity contribution in [2.24, 2.45) is 0 Å². The summed E-state index contributed by atoms with van der Waals surface area (Å²) in [7, 11) is 0. The van der Waals surface area contributed by atoms with Crippen LogP contribution in [0.25, 0.3) is 5.82 Å². The van der Waals surface area contributed by atoms with Crippen LogP contribution in [0.3, 0.4) is 0 Å². The van der Waals surface area contributed by atoms with Crippen LogP contribution >= 0.6 is 0 Å². The van der Waals surface area contributed by atoms with Gasteiger partial charge in [-0.1, -0.05) is 42.5 Å². The van der Waals surface area contributed by atoms with Crippen LogP contribution in [-0.2, 0) is 19.3 Å². The normalized spacial score (nSPS) is 10.8. The summed E-state index contributed by atoms with van der Waals surface area (Å²) in [6.45, 7) is 0. The third-order valence-electron chi connectivity index (χ3n) is 4.15. The fourth-order valence-corrected chi connectivity index (χ4v) is 2.86. The molecule has 4 aromatic rings. The molecule has 3 heterocycles. The molecule has 0 radical (unpaired) electrons. The minimum Gasteiger partial charge on any atom is -0.264 e. The van der Waals surface area contributed by atoms with Gasteiger partial charge >= 0.3 is 0 Å². The molecule has 0 saturated heterocycles. The number of benzene rings is 1. The van der Waals surface area contributed by atoms with Gasteiger partial charge in [-0.25, -0.2) is 9.97 Å². The average molecular weight is 341 g/mol. The molecule has 5 nitrogen and oxygen atoms in total. The Balaban J connectivity index is 1.61. The van der Waals surface area contributed by atoms with Crippen molar-refractivity contribution in [3.8, 4) is 5.82 Å². The number of aryl methyl sites for hydroxylation is 2. The van der Waals surface area contributed by atoms with E-state index in [0.29, 0.717) is 6.42 Å². The number of pyridine rings is 2.